The van der Waals surface area contributed by atoms with Crippen LogP contribution in [0.3, 0.4) is 0 Å². The van der Waals surface area contributed by atoms with Gasteiger partial charge in [0.25, 0.3) is 0 Å². The van der Waals surface area contributed by atoms with E-state index in [0.29, 0.717) is 18.9 Å². The number of aryl methyl sites for hydroxylation is 1. The van der Waals surface area contributed by atoms with Crippen molar-refractivity contribution in [2.24, 2.45) is 18.0 Å². The number of nitrogens with one attached hydrogen (secondary N) is 1. The summed E-state index contributed by atoms with van der Waals surface area (Å²) in [7, 11) is 1.97. The summed E-state index contributed by atoms with van der Waals surface area (Å²) in [6.07, 6.45) is 8.59. The van der Waals surface area contributed by atoms with Gasteiger partial charge < -0.3 is 15.1 Å². The molecule has 1 fully saturated rings. The van der Waals surface area contributed by atoms with Crippen molar-refractivity contribution >= 4 is 17.6 Å². The number of aromatic nitrogens is 2. The molecule has 1 aromatic carbocycles. The van der Waals surface area contributed by atoms with Crippen LogP contribution < -0.4 is 10.2 Å². The van der Waals surface area contributed by atoms with E-state index in [1.54, 1.807) is 0 Å². The number of rotatable bonds is 7. The summed E-state index contributed by atoms with van der Waals surface area (Å²) in [5.74, 6) is 1.82. The molecule has 2 aliphatic heterocycles. The fourth-order valence-electron chi connectivity index (χ4n) is 4.68. The van der Waals surface area contributed by atoms with Crippen LogP contribution >= 0.6 is 0 Å². The zero-order valence-corrected chi connectivity index (χ0v) is 18.8. The van der Waals surface area contributed by atoms with Crippen molar-refractivity contribution in [3.63, 3.8) is 0 Å². The number of benzene rings is 1. The summed E-state index contributed by atoms with van der Waals surface area (Å²) >= 11 is 0. The summed E-state index contributed by atoms with van der Waals surface area (Å²) in [4.78, 5) is 21.8. The largest absolute Gasteiger partial charge is 0.357 e. The zero-order valence-electron chi connectivity index (χ0n) is 18.8. The van der Waals surface area contributed by atoms with Crippen LogP contribution in [0, 0.1) is 5.92 Å². The molecule has 7 nitrogen and oxygen atoms in total. The van der Waals surface area contributed by atoms with Gasteiger partial charge in [0.15, 0.2) is 5.96 Å². The van der Waals surface area contributed by atoms with Crippen LogP contribution in [-0.2, 0) is 24.7 Å². The Balaban J connectivity index is 1.26. The van der Waals surface area contributed by atoms with Gasteiger partial charge in [0.1, 0.15) is 0 Å². The van der Waals surface area contributed by atoms with Crippen molar-refractivity contribution in [2.75, 3.05) is 37.6 Å². The molecule has 1 atom stereocenters. The second-order valence-electron chi connectivity index (χ2n) is 8.59. The number of hydrogen-bond acceptors (Lipinski definition) is 3. The Kier molecular flexibility index (Phi) is 6.89. The molecular weight excluding hydrogens is 388 g/mol. The molecule has 7 heteroatoms. The van der Waals surface area contributed by atoms with E-state index >= 15 is 0 Å². The number of guanidine groups is 1. The van der Waals surface area contributed by atoms with Crippen molar-refractivity contribution in [3.8, 4) is 0 Å². The molecule has 4 rings (SSSR count). The van der Waals surface area contributed by atoms with Crippen LogP contribution in [0.15, 0.2) is 41.7 Å². The Morgan fingerprint density at radius 1 is 1.29 bits per heavy atom. The summed E-state index contributed by atoms with van der Waals surface area (Å²) < 4.78 is 1.87. The average molecular weight is 423 g/mol. The summed E-state index contributed by atoms with van der Waals surface area (Å²) in [6, 6.07) is 8.22. The van der Waals surface area contributed by atoms with Crippen LogP contribution in [0.1, 0.15) is 37.3 Å². The third kappa shape index (κ3) is 5.27. The van der Waals surface area contributed by atoms with E-state index < -0.39 is 0 Å². The lowest BCUT2D eigenvalue weighted by molar-refractivity contribution is -0.118. The van der Waals surface area contributed by atoms with Crippen LogP contribution in [-0.4, -0.2) is 59.3 Å². The van der Waals surface area contributed by atoms with Gasteiger partial charge in [-0.25, -0.2) is 0 Å². The van der Waals surface area contributed by atoms with E-state index in [9.17, 15) is 4.79 Å². The molecule has 3 heterocycles. The molecule has 31 heavy (non-hydrogen) atoms. The van der Waals surface area contributed by atoms with Gasteiger partial charge in [-0.15, -0.1) is 0 Å². The molecule has 1 aromatic heterocycles. The van der Waals surface area contributed by atoms with Crippen molar-refractivity contribution in [2.45, 2.75) is 39.0 Å². The lowest BCUT2D eigenvalue weighted by Crippen LogP contribution is -2.40. The number of carbonyl (C=O) groups excluding carboxylic acids is 1. The molecule has 2 aliphatic rings. The molecule has 1 unspecified atom stereocenters. The van der Waals surface area contributed by atoms with E-state index in [4.69, 9.17) is 4.99 Å². The molecule has 2 aromatic rings. The lowest BCUT2D eigenvalue weighted by Gasteiger charge is -2.22. The van der Waals surface area contributed by atoms with Gasteiger partial charge in [-0.05, 0) is 55.7 Å². The number of aliphatic imine (C=N–C) groups is 1. The highest BCUT2D eigenvalue weighted by atomic mass is 16.2. The van der Waals surface area contributed by atoms with E-state index in [2.05, 4.69) is 40.6 Å². The van der Waals surface area contributed by atoms with E-state index in [1.165, 1.54) is 17.5 Å². The van der Waals surface area contributed by atoms with E-state index in [-0.39, 0.29) is 5.91 Å². The Labute approximate surface area is 185 Å². The third-order valence-corrected chi connectivity index (χ3v) is 6.20. The van der Waals surface area contributed by atoms with Gasteiger partial charge in [-0.2, -0.15) is 5.10 Å². The van der Waals surface area contributed by atoms with Crippen molar-refractivity contribution in [3.05, 3.63) is 47.8 Å². The van der Waals surface area contributed by atoms with Crippen LogP contribution in [0.25, 0.3) is 0 Å². The molecule has 1 saturated heterocycles. The second kappa shape index (κ2) is 9.98. The number of anilines is 1. The fourth-order valence-corrected chi connectivity index (χ4v) is 4.68. The fraction of sp³-hybridized carbons (Fsp3) is 0.542. The Hall–Kier alpha value is -2.83. The van der Waals surface area contributed by atoms with Gasteiger partial charge in [-0.3, -0.25) is 14.5 Å². The average Bonchev–Trinajstić information content (AvgIpc) is 3.50. The van der Waals surface area contributed by atoms with Crippen molar-refractivity contribution < 1.29 is 4.79 Å². The van der Waals surface area contributed by atoms with Crippen molar-refractivity contribution in [1.82, 2.24) is 20.0 Å². The molecule has 166 valence electrons. The quantitative estimate of drug-likeness (QED) is 0.423. The molecule has 0 aliphatic carbocycles. The smallest absolute Gasteiger partial charge is 0.227 e. The first-order valence-electron chi connectivity index (χ1n) is 11.5. The highest BCUT2D eigenvalue weighted by Gasteiger charge is 2.26. The second-order valence-corrected chi connectivity index (χ2v) is 8.59. The van der Waals surface area contributed by atoms with Gasteiger partial charge in [0.2, 0.25) is 5.91 Å². The summed E-state index contributed by atoms with van der Waals surface area (Å²) in [5, 5.41) is 7.72. The number of amides is 1. The first kappa shape index (κ1) is 21.4. The van der Waals surface area contributed by atoms with Gasteiger partial charge in [0, 0.05) is 58.1 Å². The molecule has 0 spiro atoms. The maximum atomic E-state index is 12.7. The van der Waals surface area contributed by atoms with Gasteiger partial charge >= 0.3 is 0 Å². The summed E-state index contributed by atoms with van der Waals surface area (Å²) in [5.41, 5.74) is 3.66. The molecular formula is C24H34N6O. The van der Waals surface area contributed by atoms with Crippen LogP contribution in [0.5, 0.6) is 0 Å². The minimum Gasteiger partial charge on any atom is -0.357 e. The van der Waals surface area contributed by atoms with Gasteiger partial charge in [-0.1, -0.05) is 18.2 Å². The maximum absolute atomic E-state index is 12.7. The molecule has 1 amide bonds. The Morgan fingerprint density at radius 3 is 2.97 bits per heavy atom. The Bertz CT molecular complexity index is 920. The SMILES string of the molecule is CCNC(=NCCCC(=O)N1CCc2ccccc21)N1CCC(Cc2cnn(C)c2)C1. The predicted octanol–water partition coefficient (Wildman–Crippen LogP) is 2.62. The van der Waals surface area contributed by atoms with E-state index in [1.807, 2.05) is 35.0 Å². The molecule has 0 radical (unpaired) electrons. The maximum Gasteiger partial charge on any atom is 0.227 e. The standard InChI is InChI=1S/C24H34N6O/c1-3-25-24(29-13-10-19(18-29)15-20-16-27-28(2)17-20)26-12-6-9-23(31)30-14-11-21-7-4-5-8-22(21)30/h4-5,7-8,16-17,19H,3,6,9-15,18H2,1-2H3,(H,25,26). The minimum absolute atomic E-state index is 0.211. The first-order chi connectivity index (χ1) is 15.1. The topological polar surface area (TPSA) is 65.8 Å². The number of hydrogen-bond donors (Lipinski definition) is 1. The normalized spacial score (nSPS) is 18.5. The molecule has 0 bridgehead atoms. The van der Waals surface area contributed by atoms with Crippen molar-refractivity contribution in [1.29, 1.82) is 0 Å². The number of fused-ring (bicyclic) bond motifs is 1. The monoisotopic (exact) mass is 422 g/mol. The van der Waals surface area contributed by atoms with Crippen LogP contribution in [0.2, 0.25) is 0 Å². The number of nitrogens with zero attached hydrogens (tertiary/aromatic N) is 5. The third-order valence-electron chi connectivity index (χ3n) is 6.20. The highest BCUT2D eigenvalue weighted by Crippen LogP contribution is 2.28. The zero-order chi connectivity index (χ0) is 21.6. The number of likely N-dealkylation sites (tertiary alicyclic amines) is 1. The van der Waals surface area contributed by atoms with Crippen LogP contribution in [0.4, 0.5) is 5.69 Å². The van der Waals surface area contributed by atoms with Gasteiger partial charge in [0.05, 0.1) is 6.20 Å². The minimum atomic E-state index is 0.211. The number of para-hydroxylation sites is 1. The van der Waals surface area contributed by atoms with E-state index in [0.717, 1.165) is 57.1 Å². The predicted molar refractivity (Wildman–Crippen MR) is 124 cm³/mol. The lowest BCUT2D eigenvalue weighted by atomic mass is 10.0. The Morgan fingerprint density at radius 2 is 2.16 bits per heavy atom. The molecule has 1 N–H and O–H groups in total. The highest BCUT2D eigenvalue weighted by molar-refractivity contribution is 5.95. The molecule has 0 saturated carbocycles. The number of carbonyl (C=O) groups is 1. The first-order valence-corrected chi connectivity index (χ1v) is 11.5. The summed E-state index contributed by atoms with van der Waals surface area (Å²) in [6.45, 7) is 6.48.